The number of rotatable bonds is 5. The van der Waals surface area contributed by atoms with Crippen LogP contribution >= 0.6 is 0 Å². The molecule has 2 rings (SSSR count). The predicted molar refractivity (Wildman–Crippen MR) is 78.0 cm³/mol. The van der Waals surface area contributed by atoms with Crippen molar-refractivity contribution in [2.45, 2.75) is 26.8 Å². The van der Waals surface area contributed by atoms with Gasteiger partial charge < -0.3 is 10.1 Å². The summed E-state index contributed by atoms with van der Waals surface area (Å²) in [7, 11) is 1.66. The second-order valence-corrected chi connectivity index (χ2v) is 5.01. The number of aryl methyl sites for hydroxylation is 2. The summed E-state index contributed by atoms with van der Waals surface area (Å²) < 4.78 is 20.5. The molecule has 5 heteroatoms. The van der Waals surface area contributed by atoms with Gasteiger partial charge in [0.05, 0.1) is 18.0 Å². The van der Waals surface area contributed by atoms with E-state index in [4.69, 9.17) is 4.74 Å². The van der Waals surface area contributed by atoms with Gasteiger partial charge in [-0.05, 0) is 38.5 Å². The average Bonchev–Trinajstić information content (AvgIpc) is 2.73. The van der Waals surface area contributed by atoms with E-state index in [9.17, 15) is 4.39 Å². The van der Waals surface area contributed by atoms with E-state index in [-0.39, 0.29) is 11.9 Å². The van der Waals surface area contributed by atoms with E-state index in [1.54, 1.807) is 13.2 Å². The minimum Gasteiger partial charge on any atom is -0.383 e. The lowest BCUT2D eigenvalue weighted by atomic mass is 10.2. The maximum atomic E-state index is 13.5. The van der Waals surface area contributed by atoms with Gasteiger partial charge in [0.25, 0.3) is 0 Å². The Balaban J connectivity index is 2.38. The molecule has 0 bridgehead atoms. The van der Waals surface area contributed by atoms with Crippen LogP contribution in [0.5, 0.6) is 0 Å². The van der Waals surface area contributed by atoms with Crippen LogP contribution in [0.4, 0.5) is 10.3 Å². The first kappa shape index (κ1) is 14.5. The zero-order valence-corrected chi connectivity index (χ0v) is 12.3. The summed E-state index contributed by atoms with van der Waals surface area (Å²) in [5, 5.41) is 3.28. The Labute approximate surface area is 118 Å². The minimum atomic E-state index is -0.257. The van der Waals surface area contributed by atoms with Crippen molar-refractivity contribution >= 4 is 5.95 Å². The van der Waals surface area contributed by atoms with Crippen molar-refractivity contribution in [2.75, 3.05) is 19.0 Å². The number of ether oxygens (including phenoxy) is 1. The summed E-state index contributed by atoms with van der Waals surface area (Å²) in [5.74, 6) is 0.439. The highest BCUT2D eigenvalue weighted by atomic mass is 19.1. The summed E-state index contributed by atoms with van der Waals surface area (Å²) in [6.45, 7) is 6.45. The number of benzene rings is 1. The van der Waals surface area contributed by atoms with Crippen molar-refractivity contribution in [1.29, 1.82) is 0 Å². The van der Waals surface area contributed by atoms with Gasteiger partial charge in [-0.15, -0.1) is 0 Å². The molecule has 2 aromatic rings. The number of methoxy groups -OCH3 is 1. The number of hydrogen-bond donors (Lipinski definition) is 1. The highest BCUT2D eigenvalue weighted by Crippen LogP contribution is 2.21. The summed E-state index contributed by atoms with van der Waals surface area (Å²) in [5.41, 5.74) is 2.66. The quantitative estimate of drug-likeness (QED) is 0.913. The third-order valence-electron chi connectivity index (χ3n) is 3.05. The molecule has 0 aliphatic heterocycles. The normalized spacial score (nSPS) is 12.4. The highest BCUT2D eigenvalue weighted by Gasteiger charge is 2.12. The number of nitrogens with zero attached hydrogens (tertiary/aromatic N) is 2. The number of imidazole rings is 1. The highest BCUT2D eigenvalue weighted by molar-refractivity contribution is 5.48. The standard InChI is InChI=1S/C15H20FN3O/c1-10-5-6-13(16)7-14(10)19-8-11(2)17-15(19)18-12(3)9-20-4/h5-8,12H,9H2,1-4H3,(H,17,18). The molecule has 1 atom stereocenters. The van der Waals surface area contributed by atoms with Gasteiger partial charge in [-0.25, -0.2) is 9.37 Å². The average molecular weight is 277 g/mol. The smallest absolute Gasteiger partial charge is 0.208 e. The molecule has 1 N–H and O–H groups in total. The first-order valence-corrected chi connectivity index (χ1v) is 6.59. The molecular weight excluding hydrogens is 257 g/mol. The lowest BCUT2D eigenvalue weighted by Crippen LogP contribution is -2.23. The van der Waals surface area contributed by atoms with Gasteiger partial charge in [-0.1, -0.05) is 6.07 Å². The van der Waals surface area contributed by atoms with Crippen molar-refractivity contribution in [1.82, 2.24) is 9.55 Å². The van der Waals surface area contributed by atoms with Crippen LogP contribution in [0.25, 0.3) is 5.69 Å². The number of hydrogen-bond acceptors (Lipinski definition) is 3. The van der Waals surface area contributed by atoms with Crippen molar-refractivity contribution < 1.29 is 9.13 Å². The van der Waals surface area contributed by atoms with Crippen LogP contribution in [0.2, 0.25) is 0 Å². The van der Waals surface area contributed by atoms with Gasteiger partial charge in [-0.3, -0.25) is 4.57 Å². The lowest BCUT2D eigenvalue weighted by molar-refractivity contribution is 0.190. The van der Waals surface area contributed by atoms with Gasteiger partial charge in [0.1, 0.15) is 5.82 Å². The third kappa shape index (κ3) is 3.17. The number of nitrogens with one attached hydrogen (secondary N) is 1. The fraction of sp³-hybridized carbons (Fsp3) is 0.400. The monoisotopic (exact) mass is 277 g/mol. The molecule has 1 aromatic heterocycles. The predicted octanol–water partition coefficient (Wildman–Crippen LogP) is 3.08. The fourth-order valence-corrected chi connectivity index (χ4v) is 2.14. The fourth-order valence-electron chi connectivity index (χ4n) is 2.14. The van der Waals surface area contributed by atoms with Crippen LogP contribution in [-0.2, 0) is 4.74 Å². The summed E-state index contributed by atoms with van der Waals surface area (Å²) >= 11 is 0. The molecule has 0 saturated heterocycles. The van der Waals surface area contributed by atoms with Crippen molar-refractivity contribution in [3.8, 4) is 5.69 Å². The van der Waals surface area contributed by atoms with E-state index in [2.05, 4.69) is 10.3 Å². The van der Waals surface area contributed by atoms with Gasteiger partial charge in [-0.2, -0.15) is 0 Å². The molecule has 20 heavy (non-hydrogen) atoms. The topological polar surface area (TPSA) is 39.1 Å². The summed E-state index contributed by atoms with van der Waals surface area (Å²) in [6.07, 6.45) is 1.89. The molecule has 0 radical (unpaired) electrons. The molecule has 1 unspecified atom stereocenters. The molecule has 0 saturated carbocycles. The van der Waals surface area contributed by atoms with E-state index in [0.717, 1.165) is 16.9 Å². The maximum absolute atomic E-state index is 13.5. The SMILES string of the molecule is COCC(C)Nc1nc(C)cn1-c1cc(F)ccc1C. The second kappa shape index (κ2) is 6.05. The molecule has 1 heterocycles. The van der Waals surface area contributed by atoms with Gasteiger partial charge in [0.2, 0.25) is 5.95 Å². The first-order valence-electron chi connectivity index (χ1n) is 6.59. The maximum Gasteiger partial charge on any atom is 0.208 e. The van der Waals surface area contributed by atoms with E-state index >= 15 is 0 Å². The second-order valence-electron chi connectivity index (χ2n) is 5.01. The van der Waals surface area contributed by atoms with Crippen LogP contribution in [0.15, 0.2) is 24.4 Å². The molecule has 1 aromatic carbocycles. The Morgan fingerprint density at radius 1 is 1.40 bits per heavy atom. The third-order valence-corrected chi connectivity index (χ3v) is 3.05. The van der Waals surface area contributed by atoms with E-state index in [0.29, 0.717) is 12.6 Å². The van der Waals surface area contributed by atoms with Crippen molar-refractivity contribution in [3.05, 3.63) is 41.5 Å². The van der Waals surface area contributed by atoms with Crippen LogP contribution in [0.3, 0.4) is 0 Å². The largest absolute Gasteiger partial charge is 0.383 e. The molecule has 4 nitrogen and oxygen atoms in total. The number of anilines is 1. The van der Waals surface area contributed by atoms with Gasteiger partial charge in [0, 0.05) is 19.3 Å². The molecule has 0 aliphatic carbocycles. The Morgan fingerprint density at radius 3 is 2.85 bits per heavy atom. The van der Waals surface area contributed by atoms with Gasteiger partial charge >= 0.3 is 0 Å². The van der Waals surface area contributed by atoms with Crippen molar-refractivity contribution in [2.24, 2.45) is 0 Å². The molecule has 0 aliphatic rings. The molecule has 0 fully saturated rings. The Bertz CT molecular complexity index is 595. The van der Waals surface area contributed by atoms with Crippen LogP contribution in [-0.4, -0.2) is 29.3 Å². The summed E-state index contributed by atoms with van der Waals surface area (Å²) in [4.78, 5) is 4.45. The number of aromatic nitrogens is 2. The minimum absolute atomic E-state index is 0.120. The lowest BCUT2D eigenvalue weighted by Gasteiger charge is -2.16. The molecular formula is C15H20FN3O. The van der Waals surface area contributed by atoms with E-state index in [1.165, 1.54) is 12.1 Å². The van der Waals surface area contributed by atoms with Crippen LogP contribution in [0.1, 0.15) is 18.2 Å². The van der Waals surface area contributed by atoms with Crippen LogP contribution in [0, 0.1) is 19.7 Å². The Hall–Kier alpha value is -1.88. The zero-order chi connectivity index (χ0) is 14.7. The Morgan fingerprint density at radius 2 is 2.15 bits per heavy atom. The molecule has 108 valence electrons. The van der Waals surface area contributed by atoms with E-state index in [1.807, 2.05) is 31.5 Å². The van der Waals surface area contributed by atoms with E-state index < -0.39 is 0 Å². The van der Waals surface area contributed by atoms with Crippen LogP contribution < -0.4 is 5.32 Å². The number of halogens is 1. The summed E-state index contributed by atoms with van der Waals surface area (Å²) in [6, 6.07) is 4.86. The first-order chi connectivity index (χ1) is 9.51. The Kier molecular flexibility index (Phi) is 4.39. The molecule has 0 spiro atoms. The van der Waals surface area contributed by atoms with Crippen molar-refractivity contribution in [3.63, 3.8) is 0 Å². The zero-order valence-electron chi connectivity index (χ0n) is 12.3. The van der Waals surface area contributed by atoms with Gasteiger partial charge in [0.15, 0.2) is 0 Å². The molecule has 0 amide bonds.